The van der Waals surface area contributed by atoms with Crippen LogP contribution in [-0.4, -0.2) is 35.4 Å². The zero-order chi connectivity index (χ0) is 12.4. The SMILES string of the molecule is Oc1ccccc1SCCC1CN2CCC1CC2. The van der Waals surface area contributed by atoms with Crippen LogP contribution in [-0.2, 0) is 0 Å². The highest BCUT2D eigenvalue weighted by atomic mass is 32.2. The summed E-state index contributed by atoms with van der Waals surface area (Å²) in [6.45, 7) is 3.97. The Morgan fingerprint density at radius 3 is 2.67 bits per heavy atom. The van der Waals surface area contributed by atoms with Gasteiger partial charge in [0.1, 0.15) is 5.75 Å². The maximum absolute atomic E-state index is 9.72. The molecule has 18 heavy (non-hydrogen) atoms. The smallest absolute Gasteiger partial charge is 0.129 e. The lowest BCUT2D eigenvalue weighted by molar-refractivity contribution is 0.0498. The second kappa shape index (κ2) is 5.54. The maximum Gasteiger partial charge on any atom is 0.129 e. The fraction of sp³-hybridized carbons (Fsp3) is 0.600. The fourth-order valence-corrected chi connectivity index (χ4v) is 4.35. The van der Waals surface area contributed by atoms with Gasteiger partial charge in [-0.25, -0.2) is 0 Å². The van der Waals surface area contributed by atoms with Crippen molar-refractivity contribution >= 4 is 11.8 Å². The molecule has 2 nitrogen and oxygen atoms in total. The fourth-order valence-electron chi connectivity index (χ4n) is 3.31. The highest BCUT2D eigenvalue weighted by Gasteiger charge is 2.33. The van der Waals surface area contributed by atoms with Crippen LogP contribution in [0.2, 0.25) is 0 Å². The first kappa shape index (κ1) is 12.4. The van der Waals surface area contributed by atoms with Gasteiger partial charge in [0.25, 0.3) is 0 Å². The number of phenols is 1. The highest BCUT2D eigenvalue weighted by molar-refractivity contribution is 7.99. The number of fused-ring (bicyclic) bond motifs is 3. The lowest BCUT2D eigenvalue weighted by Crippen LogP contribution is -2.47. The molecule has 0 aromatic heterocycles. The molecule has 0 amide bonds. The van der Waals surface area contributed by atoms with E-state index in [1.54, 1.807) is 17.8 Å². The lowest BCUT2D eigenvalue weighted by Gasteiger charge is -2.45. The monoisotopic (exact) mass is 263 g/mol. The second-order valence-corrected chi connectivity index (χ2v) is 6.64. The van der Waals surface area contributed by atoms with Crippen LogP contribution in [0.4, 0.5) is 0 Å². The number of thioether (sulfide) groups is 1. The summed E-state index contributed by atoms with van der Waals surface area (Å²) in [5.41, 5.74) is 0. The van der Waals surface area contributed by atoms with Gasteiger partial charge in [-0.1, -0.05) is 12.1 Å². The highest BCUT2D eigenvalue weighted by Crippen LogP contribution is 2.36. The summed E-state index contributed by atoms with van der Waals surface area (Å²) in [6, 6.07) is 7.66. The van der Waals surface area contributed by atoms with Gasteiger partial charge in [0.2, 0.25) is 0 Å². The normalized spacial score (nSPS) is 30.6. The van der Waals surface area contributed by atoms with Gasteiger partial charge in [-0.15, -0.1) is 11.8 Å². The first-order valence-electron chi connectivity index (χ1n) is 6.96. The summed E-state index contributed by atoms with van der Waals surface area (Å²) in [4.78, 5) is 3.65. The van der Waals surface area contributed by atoms with Gasteiger partial charge in [0.15, 0.2) is 0 Å². The molecule has 1 atom stereocenters. The number of para-hydroxylation sites is 1. The van der Waals surface area contributed by atoms with E-state index in [0.29, 0.717) is 5.75 Å². The van der Waals surface area contributed by atoms with Crippen molar-refractivity contribution in [1.29, 1.82) is 0 Å². The molecule has 1 N–H and O–H groups in total. The molecule has 0 saturated carbocycles. The molecule has 3 saturated heterocycles. The molecule has 1 unspecified atom stereocenters. The van der Waals surface area contributed by atoms with Crippen LogP contribution in [0.15, 0.2) is 29.2 Å². The van der Waals surface area contributed by atoms with E-state index in [0.717, 1.165) is 22.5 Å². The zero-order valence-corrected chi connectivity index (χ0v) is 11.5. The third-order valence-electron chi connectivity index (χ3n) is 4.40. The van der Waals surface area contributed by atoms with Crippen molar-refractivity contribution in [2.45, 2.75) is 24.2 Å². The van der Waals surface area contributed by atoms with Crippen molar-refractivity contribution in [2.24, 2.45) is 11.8 Å². The minimum Gasteiger partial charge on any atom is -0.507 e. The molecular weight excluding hydrogens is 242 g/mol. The average molecular weight is 263 g/mol. The predicted octanol–water partition coefficient (Wildman–Crippen LogP) is 3.22. The lowest BCUT2D eigenvalue weighted by atomic mass is 9.78. The van der Waals surface area contributed by atoms with Crippen LogP contribution in [0.3, 0.4) is 0 Å². The van der Waals surface area contributed by atoms with Crippen molar-refractivity contribution < 1.29 is 5.11 Å². The third kappa shape index (κ3) is 2.67. The van der Waals surface area contributed by atoms with Crippen molar-refractivity contribution in [1.82, 2.24) is 4.90 Å². The molecule has 0 spiro atoms. The summed E-state index contributed by atoms with van der Waals surface area (Å²) in [6.07, 6.45) is 4.11. The molecule has 0 aliphatic carbocycles. The number of piperidine rings is 3. The van der Waals surface area contributed by atoms with Crippen molar-refractivity contribution in [3.05, 3.63) is 24.3 Å². The summed E-state index contributed by atoms with van der Waals surface area (Å²) in [5, 5.41) is 9.72. The van der Waals surface area contributed by atoms with Crippen molar-refractivity contribution in [3.63, 3.8) is 0 Å². The van der Waals surface area contributed by atoms with Crippen molar-refractivity contribution in [3.8, 4) is 5.75 Å². The second-order valence-electron chi connectivity index (χ2n) is 5.50. The Labute approximate surface area is 113 Å². The minimum atomic E-state index is 0.427. The van der Waals surface area contributed by atoms with Crippen LogP contribution in [0.25, 0.3) is 0 Å². The predicted molar refractivity (Wildman–Crippen MR) is 76.1 cm³/mol. The number of phenolic OH excluding ortho intramolecular Hbond substituents is 1. The van der Waals surface area contributed by atoms with Gasteiger partial charge < -0.3 is 10.0 Å². The molecule has 4 rings (SSSR count). The summed E-state index contributed by atoms with van der Waals surface area (Å²) < 4.78 is 0. The van der Waals surface area contributed by atoms with Crippen LogP contribution < -0.4 is 0 Å². The Hall–Kier alpha value is -0.670. The Kier molecular flexibility index (Phi) is 3.80. The number of aromatic hydroxyl groups is 1. The van der Waals surface area contributed by atoms with Gasteiger partial charge >= 0.3 is 0 Å². The topological polar surface area (TPSA) is 23.5 Å². The quantitative estimate of drug-likeness (QED) is 0.844. The van der Waals surface area contributed by atoms with E-state index in [1.165, 1.54) is 38.9 Å². The van der Waals surface area contributed by atoms with E-state index in [2.05, 4.69) is 4.90 Å². The standard InChI is InChI=1S/C15H21NOS/c17-14-3-1-2-4-15(14)18-10-7-13-11-16-8-5-12(13)6-9-16/h1-4,12-13,17H,5-11H2. The largest absolute Gasteiger partial charge is 0.507 e. The number of benzene rings is 1. The van der Waals surface area contributed by atoms with E-state index in [-0.39, 0.29) is 0 Å². The molecule has 3 aliphatic rings. The zero-order valence-electron chi connectivity index (χ0n) is 10.7. The Morgan fingerprint density at radius 1 is 1.22 bits per heavy atom. The molecule has 3 heterocycles. The molecule has 3 heteroatoms. The van der Waals surface area contributed by atoms with Crippen LogP contribution in [0.5, 0.6) is 5.75 Å². The number of nitrogens with zero attached hydrogens (tertiary/aromatic N) is 1. The third-order valence-corrected chi connectivity index (χ3v) is 5.50. The molecule has 1 aromatic rings. The Balaban J connectivity index is 1.49. The van der Waals surface area contributed by atoms with Crippen LogP contribution >= 0.6 is 11.8 Å². The minimum absolute atomic E-state index is 0.427. The Morgan fingerprint density at radius 2 is 2.00 bits per heavy atom. The first-order chi connectivity index (χ1) is 8.83. The van der Waals surface area contributed by atoms with Crippen LogP contribution in [0, 0.1) is 11.8 Å². The average Bonchev–Trinajstić information content (AvgIpc) is 2.42. The van der Waals surface area contributed by atoms with Gasteiger partial charge in [0.05, 0.1) is 0 Å². The molecule has 0 radical (unpaired) electrons. The van der Waals surface area contributed by atoms with Gasteiger partial charge in [-0.2, -0.15) is 0 Å². The number of hydrogen-bond donors (Lipinski definition) is 1. The van der Waals surface area contributed by atoms with E-state index in [4.69, 9.17) is 0 Å². The maximum atomic E-state index is 9.72. The summed E-state index contributed by atoms with van der Waals surface area (Å²) >= 11 is 1.80. The number of rotatable bonds is 4. The molecule has 2 bridgehead atoms. The molecule has 1 aromatic carbocycles. The molecule has 3 fully saturated rings. The molecular formula is C15H21NOS. The van der Waals surface area contributed by atoms with Gasteiger partial charge in [-0.05, 0) is 62.1 Å². The van der Waals surface area contributed by atoms with Crippen LogP contribution in [0.1, 0.15) is 19.3 Å². The Bertz CT molecular complexity index is 401. The van der Waals surface area contributed by atoms with E-state index in [9.17, 15) is 5.11 Å². The first-order valence-corrected chi connectivity index (χ1v) is 7.94. The van der Waals surface area contributed by atoms with Gasteiger partial charge in [-0.3, -0.25) is 0 Å². The van der Waals surface area contributed by atoms with E-state index >= 15 is 0 Å². The summed E-state index contributed by atoms with van der Waals surface area (Å²) in [5.74, 6) is 3.43. The van der Waals surface area contributed by atoms with Crippen molar-refractivity contribution in [2.75, 3.05) is 25.4 Å². The van der Waals surface area contributed by atoms with Gasteiger partial charge in [0, 0.05) is 11.4 Å². The van der Waals surface area contributed by atoms with E-state index < -0.39 is 0 Å². The number of hydrogen-bond acceptors (Lipinski definition) is 3. The molecule has 98 valence electrons. The van der Waals surface area contributed by atoms with E-state index in [1.807, 2.05) is 18.2 Å². The summed E-state index contributed by atoms with van der Waals surface area (Å²) in [7, 11) is 0. The molecule has 3 aliphatic heterocycles.